The molecule has 1 aromatic heterocycles. The zero-order chi connectivity index (χ0) is 20.4. The Hall–Kier alpha value is -2.70. The van der Waals surface area contributed by atoms with Crippen molar-refractivity contribution in [2.24, 2.45) is 0 Å². The summed E-state index contributed by atoms with van der Waals surface area (Å²) in [5.74, 6) is 1.20. The Kier molecular flexibility index (Phi) is 6.90. The predicted octanol–water partition coefficient (Wildman–Crippen LogP) is 5.11. The topological polar surface area (TPSA) is 50.3 Å². The standard InChI is InChI=1S/C23H25FN4O.ClH/c1-15-16(2)25-23(26-21-8-6-20(24)7-9-21)27-22(15)28-11-10-18-12-17(14-29-3)4-5-19(18)13-28;/h4-9,12H,10-11,13-14H2,1-3H3,(H,25,26,27);1H. The average Bonchev–Trinajstić information content (AvgIpc) is 2.72. The van der Waals surface area contributed by atoms with Gasteiger partial charge in [-0.3, -0.25) is 0 Å². The number of rotatable bonds is 5. The second-order valence-corrected chi connectivity index (χ2v) is 7.42. The minimum atomic E-state index is -0.266. The summed E-state index contributed by atoms with van der Waals surface area (Å²) in [6.45, 7) is 6.40. The molecule has 3 aromatic rings. The third-order valence-corrected chi connectivity index (χ3v) is 5.36. The molecule has 0 amide bonds. The molecular formula is C23H26ClFN4O. The number of fused-ring (bicyclic) bond motifs is 1. The van der Waals surface area contributed by atoms with Crippen molar-refractivity contribution in [1.29, 1.82) is 0 Å². The molecule has 7 heteroatoms. The molecule has 2 aromatic carbocycles. The summed E-state index contributed by atoms with van der Waals surface area (Å²) in [4.78, 5) is 11.7. The summed E-state index contributed by atoms with van der Waals surface area (Å²) in [6.07, 6.45) is 0.968. The van der Waals surface area contributed by atoms with Crippen LogP contribution >= 0.6 is 12.4 Å². The quantitative estimate of drug-likeness (QED) is 0.612. The Labute approximate surface area is 182 Å². The second-order valence-electron chi connectivity index (χ2n) is 7.42. The molecule has 0 saturated carbocycles. The summed E-state index contributed by atoms with van der Waals surface area (Å²) in [5, 5.41) is 3.19. The highest BCUT2D eigenvalue weighted by atomic mass is 35.5. The van der Waals surface area contributed by atoms with Crippen LogP contribution in [-0.2, 0) is 24.3 Å². The summed E-state index contributed by atoms with van der Waals surface area (Å²) >= 11 is 0. The lowest BCUT2D eigenvalue weighted by Gasteiger charge is -2.31. The van der Waals surface area contributed by atoms with Gasteiger partial charge in [0, 0.05) is 37.1 Å². The van der Waals surface area contributed by atoms with Crippen LogP contribution in [0.15, 0.2) is 42.5 Å². The van der Waals surface area contributed by atoms with Gasteiger partial charge in [0.25, 0.3) is 0 Å². The fourth-order valence-corrected chi connectivity index (χ4v) is 3.68. The maximum Gasteiger partial charge on any atom is 0.229 e. The summed E-state index contributed by atoms with van der Waals surface area (Å²) in [7, 11) is 1.72. The van der Waals surface area contributed by atoms with Crippen LogP contribution in [-0.4, -0.2) is 23.6 Å². The van der Waals surface area contributed by atoms with Gasteiger partial charge in [0.2, 0.25) is 5.95 Å². The SMILES string of the molecule is COCc1ccc2c(c1)CCN(c1nc(Nc3ccc(F)cc3)nc(C)c1C)C2.Cl. The first-order valence-electron chi connectivity index (χ1n) is 9.76. The van der Waals surface area contributed by atoms with Gasteiger partial charge in [-0.15, -0.1) is 12.4 Å². The number of nitrogens with zero attached hydrogens (tertiary/aromatic N) is 3. The minimum absolute atomic E-state index is 0. The Morgan fingerprint density at radius 2 is 1.83 bits per heavy atom. The third kappa shape index (κ3) is 4.71. The molecule has 0 bridgehead atoms. The van der Waals surface area contributed by atoms with Crippen LogP contribution in [0.5, 0.6) is 0 Å². The highest BCUT2D eigenvalue weighted by Crippen LogP contribution is 2.29. The lowest BCUT2D eigenvalue weighted by atomic mass is 9.97. The second kappa shape index (κ2) is 9.41. The molecule has 0 fully saturated rings. The lowest BCUT2D eigenvalue weighted by Crippen LogP contribution is -2.32. The molecule has 2 heterocycles. The summed E-state index contributed by atoms with van der Waals surface area (Å²) < 4.78 is 18.4. The van der Waals surface area contributed by atoms with Gasteiger partial charge in [0.15, 0.2) is 0 Å². The summed E-state index contributed by atoms with van der Waals surface area (Å²) in [6, 6.07) is 12.8. The Morgan fingerprint density at radius 3 is 2.57 bits per heavy atom. The Morgan fingerprint density at radius 1 is 1.07 bits per heavy atom. The normalized spacial score (nSPS) is 12.9. The number of aromatic nitrogens is 2. The zero-order valence-corrected chi connectivity index (χ0v) is 18.2. The van der Waals surface area contributed by atoms with Gasteiger partial charge in [-0.05, 0) is 61.2 Å². The first kappa shape index (κ1) is 22.0. The molecule has 1 aliphatic rings. The highest BCUT2D eigenvalue weighted by Gasteiger charge is 2.21. The van der Waals surface area contributed by atoms with Crippen LogP contribution in [0.2, 0.25) is 0 Å². The van der Waals surface area contributed by atoms with Crippen molar-refractivity contribution in [3.05, 3.63) is 76.2 Å². The van der Waals surface area contributed by atoms with E-state index in [1.807, 2.05) is 6.92 Å². The van der Waals surface area contributed by atoms with E-state index in [-0.39, 0.29) is 18.2 Å². The fraction of sp³-hybridized carbons (Fsp3) is 0.304. The number of nitrogens with one attached hydrogen (secondary N) is 1. The number of aryl methyl sites for hydroxylation is 1. The van der Waals surface area contributed by atoms with Crippen molar-refractivity contribution >= 4 is 29.9 Å². The number of hydrogen-bond donors (Lipinski definition) is 1. The number of methoxy groups -OCH3 is 1. The highest BCUT2D eigenvalue weighted by molar-refractivity contribution is 5.85. The van der Waals surface area contributed by atoms with Gasteiger partial charge in [-0.1, -0.05) is 18.2 Å². The van der Waals surface area contributed by atoms with Crippen LogP contribution in [0.4, 0.5) is 21.8 Å². The van der Waals surface area contributed by atoms with E-state index in [9.17, 15) is 4.39 Å². The maximum atomic E-state index is 13.2. The first-order chi connectivity index (χ1) is 14.0. The molecule has 30 heavy (non-hydrogen) atoms. The molecule has 5 nitrogen and oxygen atoms in total. The van der Waals surface area contributed by atoms with E-state index in [1.54, 1.807) is 19.2 Å². The van der Waals surface area contributed by atoms with Gasteiger partial charge in [0.1, 0.15) is 11.6 Å². The fourth-order valence-electron chi connectivity index (χ4n) is 3.68. The largest absolute Gasteiger partial charge is 0.380 e. The molecule has 0 atom stereocenters. The third-order valence-electron chi connectivity index (χ3n) is 5.36. The van der Waals surface area contributed by atoms with Crippen LogP contribution in [0.3, 0.4) is 0 Å². The van der Waals surface area contributed by atoms with E-state index in [1.165, 1.54) is 28.8 Å². The van der Waals surface area contributed by atoms with Crippen LogP contribution < -0.4 is 10.2 Å². The predicted molar refractivity (Wildman–Crippen MR) is 120 cm³/mol. The van der Waals surface area contributed by atoms with Crippen molar-refractivity contribution in [3.63, 3.8) is 0 Å². The molecule has 158 valence electrons. The summed E-state index contributed by atoms with van der Waals surface area (Å²) in [5.41, 5.74) is 6.67. The van der Waals surface area contributed by atoms with Crippen LogP contribution in [0.25, 0.3) is 0 Å². The molecule has 4 rings (SSSR count). The number of benzene rings is 2. The Bertz CT molecular complexity index is 1030. The number of hydrogen-bond acceptors (Lipinski definition) is 5. The molecule has 1 aliphatic heterocycles. The zero-order valence-electron chi connectivity index (χ0n) is 17.4. The molecular weight excluding hydrogens is 403 g/mol. The van der Waals surface area contributed by atoms with E-state index in [0.29, 0.717) is 12.6 Å². The van der Waals surface area contributed by atoms with E-state index in [0.717, 1.165) is 42.3 Å². The molecule has 0 aliphatic carbocycles. The molecule has 0 spiro atoms. The van der Waals surface area contributed by atoms with E-state index < -0.39 is 0 Å². The lowest BCUT2D eigenvalue weighted by molar-refractivity contribution is 0.185. The van der Waals surface area contributed by atoms with Crippen molar-refractivity contribution < 1.29 is 9.13 Å². The maximum absolute atomic E-state index is 13.2. The van der Waals surface area contributed by atoms with Crippen molar-refractivity contribution in [2.75, 3.05) is 23.9 Å². The Balaban J connectivity index is 0.00000256. The van der Waals surface area contributed by atoms with Gasteiger partial charge in [-0.2, -0.15) is 4.98 Å². The number of ether oxygens (including phenoxy) is 1. The molecule has 1 N–H and O–H groups in total. The van der Waals surface area contributed by atoms with Crippen LogP contribution in [0, 0.1) is 19.7 Å². The van der Waals surface area contributed by atoms with Gasteiger partial charge in [-0.25, -0.2) is 9.37 Å². The van der Waals surface area contributed by atoms with Gasteiger partial charge >= 0.3 is 0 Å². The number of anilines is 3. The van der Waals surface area contributed by atoms with Gasteiger partial charge in [0.05, 0.1) is 6.61 Å². The molecule has 0 saturated heterocycles. The monoisotopic (exact) mass is 428 g/mol. The number of halogens is 2. The first-order valence-corrected chi connectivity index (χ1v) is 9.76. The van der Waals surface area contributed by atoms with Crippen molar-refractivity contribution in [3.8, 4) is 0 Å². The smallest absolute Gasteiger partial charge is 0.229 e. The van der Waals surface area contributed by atoms with E-state index >= 15 is 0 Å². The van der Waals surface area contributed by atoms with Crippen molar-refractivity contribution in [2.45, 2.75) is 33.4 Å². The molecule has 0 unspecified atom stereocenters. The van der Waals surface area contributed by atoms with E-state index in [4.69, 9.17) is 9.72 Å². The minimum Gasteiger partial charge on any atom is -0.380 e. The van der Waals surface area contributed by atoms with Crippen molar-refractivity contribution in [1.82, 2.24) is 9.97 Å². The van der Waals surface area contributed by atoms with E-state index in [2.05, 4.69) is 40.3 Å². The van der Waals surface area contributed by atoms with Gasteiger partial charge < -0.3 is 15.0 Å². The van der Waals surface area contributed by atoms with Crippen LogP contribution in [0.1, 0.15) is 27.9 Å². The average molecular weight is 429 g/mol. The molecule has 0 radical (unpaired) electrons.